The molecular weight excluding hydrogens is 414 g/mol. The topological polar surface area (TPSA) is 54.0 Å². The van der Waals surface area contributed by atoms with Crippen molar-refractivity contribution in [3.05, 3.63) is 34.4 Å². The predicted molar refractivity (Wildman–Crippen MR) is 119 cm³/mol. The fraction of sp³-hybridized carbons (Fsp3) is 0.565. The third-order valence-corrected chi connectivity index (χ3v) is 6.45. The van der Waals surface area contributed by atoms with Crippen molar-refractivity contribution < 1.29 is 4.79 Å². The summed E-state index contributed by atoms with van der Waals surface area (Å²) in [4.78, 5) is 17.2. The molecule has 150 valence electrons. The first-order chi connectivity index (χ1) is 13.7. The summed E-state index contributed by atoms with van der Waals surface area (Å²) < 4.78 is 1.02. The lowest BCUT2D eigenvalue weighted by Gasteiger charge is -2.26. The van der Waals surface area contributed by atoms with Crippen molar-refractivity contribution in [3.8, 4) is 0 Å². The number of pyridine rings is 1. The van der Waals surface area contributed by atoms with Gasteiger partial charge in [0.15, 0.2) is 5.78 Å². The summed E-state index contributed by atoms with van der Waals surface area (Å²) in [5, 5.41) is 7.98. The van der Waals surface area contributed by atoms with Gasteiger partial charge in [0.1, 0.15) is 0 Å². The zero-order valence-electron chi connectivity index (χ0n) is 16.5. The number of carbonyl (C=O) groups excluding carboxylic acids is 1. The number of ketones is 1. The molecule has 3 aliphatic rings. The Morgan fingerprint density at radius 3 is 2.43 bits per heavy atom. The van der Waals surface area contributed by atoms with E-state index in [2.05, 4.69) is 37.6 Å². The minimum atomic E-state index is 0.216. The lowest BCUT2D eigenvalue weighted by atomic mass is 9.94. The van der Waals surface area contributed by atoms with Crippen LogP contribution in [0.4, 0.5) is 5.69 Å². The van der Waals surface area contributed by atoms with Gasteiger partial charge in [0, 0.05) is 28.0 Å². The molecule has 0 spiro atoms. The van der Waals surface area contributed by atoms with Crippen LogP contribution in [0.2, 0.25) is 0 Å². The first kappa shape index (κ1) is 19.8. The number of aromatic nitrogens is 1. The molecule has 1 aliphatic heterocycles. The van der Waals surface area contributed by atoms with Crippen LogP contribution in [0.1, 0.15) is 68.1 Å². The van der Waals surface area contributed by atoms with E-state index >= 15 is 0 Å². The predicted octanol–water partition coefficient (Wildman–Crippen LogP) is 5.70. The summed E-state index contributed by atoms with van der Waals surface area (Å²) in [7, 11) is 0. The van der Waals surface area contributed by atoms with Gasteiger partial charge in [0.05, 0.1) is 16.8 Å². The monoisotopic (exact) mass is 443 g/mol. The van der Waals surface area contributed by atoms with Gasteiger partial charge in [-0.3, -0.25) is 9.78 Å². The number of fused-ring (bicyclic) bond motifs is 1. The summed E-state index contributed by atoms with van der Waals surface area (Å²) in [6.07, 6.45) is 12.9. The van der Waals surface area contributed by atoms with Crippen molar-refractivity contribution >= 4 is 38.3 Å². The first-order valence-electron chi connectivity index (χ1n) is 10.8. The summed E-state index contributed by atoms with van der Waals surface area (Å²) in [6, 6.07) is 6.56. The number of anilines is 1. The van der Waals surface area contributed by atoms with Crippen molar-refractivity contribution in [2.75, 3.05) is 18.4 Å². The Morgan fingerprint density at radius 2 is 1.79 bits per heavy atom. The number of rotatable bonds is 4. The molecule has 5 heteroatoms. The van der Waals surface area contributed by atoms with Crippen LogP contribution in [-0.4, -0.2) is 29.9 Å². The average molecular weight is 444 g/mol. The fourth-order valence-electron chi connectivity index (χ4n) is 4.15. The smallest absolute Gasteiger partial charge is 0.169 e. The van der Waals surface area contributed by atoms with E-state index in [1.54, 1.807) is 6.20 Å². The second-order valence-corrected chi connectivity index (χ2v) is 9.20. The molecule has 0 unspecified atom stereocenters. The molecule has 28 heavy (non-hydrogen) atoms. The Bertz CT molecular complexity index is 816. The number of nitrogens with one attached hydrogen (secondary N) is 2. The summed E-state index contributed by atoms with van der Waals surface area (Å²) in [5.41, 5.74) is 2.72. The molecule has 2 aliphatic carbocycles. The molecule has 2 aromatic rings. The van der Waals surface area contributed by atoms with Crippen molar-refractivity contribution in [2.45, 2.75) is 63.8 Å². The SMILES string of the molecule is C1CCNC1.O=C(c1cnc2ccc(Br)cc2c1NC1CCCCC1)C1CC1. The highest BCUT2D eigenvalue weighted by atomic mass is 79.9. The van der Waals surface area contributed by atoms with Crippen LogP contribution >= 0.6 is 15.9 Å². The molecule has 2 N–H and O–H groups in total. The van der Waals surface area contributed by atoms with Gasteiger partial charge in [0.2, 0.25) is 0 Å². The lowest BCUT2D eigenvalue weighted by molar-refractivity contribution is 0.0968. The highest BCUT2D eigenvalue weighted by molar-refractivity contribution is 9.10. The minimum Gasteiger partial charge on any atom is -0.381 e. The zero-order chi connectivity index (χ0) is 19.3. The number of Topliss-reactive ketones (excluding diaryl/α,β-unsaturated/α-hetero) is 1. The summed E-state index contributed by atoms with van der Waals surface area (Å²) >= 11 is 3.55. The number of hydrogen-bond donors (Lipinski definition) is 2. The Morgan fingerprint density at radius 1 is 1.04 bits per heavy atom. The number of hydrogen-bond acceptors (Lipinski definition) is 4. The van der Waals surface area contributed by atoms with Crippen molar-refractivity contribution in [1.29, 1.82) is 0 Å². The molecule has 2 saturated carbocycles. The maximum atomic E-state index is 12.7. The molecule has 0 bridgehead atoms. The maximum Gasteiger partial charge on any atom is 0.169 e. The summed E-state index contributed by atoms with van der Waals surface area (Å²) in [5.74, 6) is 0.478. The van der Waals surface area contributed by atoms with Crippen LogP contribution in [0.5, 0.6) is 0 Å². The second-order valence-electron chi connectivity index (χ2n) is 8.28. The Balaban J connectivity index is 0.000000336. The number of carbonyl (C=O) groups is 1. The largest absolute Gasteiger partial charge is 0.381 e. The molecule has 1 aromatic heterocycles. The van der Waals surface area contributed by atoms with Gasteiger partial charge < -0.3 is 10.6 Å². The van der Waals surface area contributed by atoms with Gasteiger partial charge in [-0.15, -0.1) is 0 Å². The average Bonchev–Trinajstić information content (AvgIpc) is 3.39. The molecule has 4 nitrogen and oxygen atoms in total. The Labute approximate surface area is 176 Å². The molecule has 2 heterocycles. The molecular formula is C23H30BrN3O. The molecule has 0 amide bonds. The highest BCUT2D eigenvalue weighted by Crippen LogP contribution is 2.38. The van der Waals surface area contributed by atoms with E-state index in [1.165, 1.54) is 58.0 Å². The molecule has 0 radical (unpaired) electrons. The van der Waals surface area contributed by atoms with Gasteiger partial charge in [-0.05, 0) is 69.8 Å². The van der Waals surface area contributed by atoms with Crippen LogP contribution in [0.3, 0.4) is 0 Å². The molecule has 1 aromatic carbocycles. The molecule has 3 fully saturated rings. The third kappa shape index (κ3) is 4.93. The quantitative estimate of drug-likeness (QED) is 0.594. The molecule has 0 atom stereocenters. The minimum absolute atomic E-state index is 0.216. The van der Waals surface area contributed by atoms with E-state index in [1.807, 2.05) is 12.1 Å². The number of benzene rings is 1. The summed E-state index contributed by atoms with van der Waals surface area (Å²) in [6.45, 7) is 2.50. The second kappa shape index (κ2) is 9.36. The molecule has 5 rings (SSSR count). The standard InChI is InChI=1S/C19H21BrN2O.C4H9N/c20-13-8-9-17-15(10-13)18(22-14-4-2-1-3-5-14)16(11-21-17)19(23)12-6-7-12;1-2-4-5-3-1/h8-12,14H,1-7H2,(H,21,22);5H,1-4H2. The van der Waals surface area contributed by atoms with Crippen molar-refractivity contribution in [2.24, 2.45) is 5.92 Å². The van der Waals surface area contributed by atoms with E-state index < -0.39 is 0 Å². The van der Waals surface area contributed by atoms with Gasteiger partial charge in [-0.2, -0.15) is 0 Å². The van der Waals surface area contributed by atoms with Crippen LogP contribution in [-0.2, 0) is 0 Å². The van der Waals surface area contributed by atoms with Gasteiger partial charge in [0.25, 0.3) is 0 Å². The van der Waals surface area contributed by atoms with E-state index in [9.17, 15) is 4.79 Å². The van der Waals surface area contributed by atoms with E-state index in [4.69, 9.17) is 0 Å². The fourth-order valence-corrected chi connectivity index (χ4v) is 4.51. The van der Waals surface area contributed by atoms with Crippen LogP contribution in [0, 0.1) is 5.92 Å². The third-order valence-electron chi connectivity index (χ3n) is 5.95. The van der Waals surface area contributed by atoms with E-state index in [0.717, 1.165) is 39.5 Å². The first-order valence-corrected chi connectivity index (χ1v) is 11.6. The number of halogens is 1. The zero-order valence-corrected chi connectivity index (χ0v) is 18.1. The van der Waals surface area contributed by atoms with Crippen LogP contribution in [0.25, 0.3) is 10.9 Å². The lowest BCUT2D eigenvalue weighted by Crippen LogP contribution is -2.24. The van der Waals surface area contributed by atoms with E-state index in [-0.39, 0.29) is 11.7 Å². The highest BCUT2D eigenvalue weighted by Gasteiger charge is 2.33. The van der Waals surface area contributed by atoms with Crippen molar-refractivity contribution in [1.82, 2.24) is 10.3 Å². The van der Waals surface area contributed by atoms with Crippen LogP contribution < -0.4 is 10.6 Å². The van der Waals surface area contributed by atoms with Gasteiger partial charge in [-0.1, -0.05) is 35.2 Å². The molecule has 1 saturated heterocycles. The van der Waals surface area contributed by atoms with Gasteiger partial charge in [-0.25, -0.2) is 0 Å². The Hall–Kier alpha value is -1.46. The maximum absolute atomic E-state index is 12.7. The van der Waals surface area contributed by atoms with Gasteiger partial charge >= 0.3 is 0 Å². The van der Waals surface area contributed by atoms with Crippen LogP contribution in [0.15, 0.2) is 28.9 Å². The Kier molecular flexibility index (Phi) is 6.63. The van der Waals surface area contributed by atoms with Crippen molar-refractivity contribution in [3.63, 3.8) is 0 Å². The number of nitrogens with zero attached hydrogens (tertiary/aromatic N) is 1. The van der Waals surface area contributed by atoms with E-state index in [0.29, 0.717) is 6.04 Å². The normalized spacial score (nSPS) is 19.9.